The Bertz CT molecular complexity index is 488. The van der Waals surface area contributed by atoms with Crippen LogP contribution in [0.5, 0.6) is 0 Å². The molecule has 0 aliphatic carbocycles. The van der Waals surface area contributed by atoms with E-state index >= 15 is 0 Å². The molecule has 18 heavy (non-hydrogen) atoms. The monoisotopic (exact) mass is 272 g/mol. The van der Waals surface area contributed by atoms with Gasteiger partial charge in [0.2, 0.25) is 0 Å². The zero-order valence-corrected chi connectivity index (χ0v) is 10.7. The Morgan fingerprint density at radius 3 is 2.67 bits per heavy atom. The first-order valence-corrected chi connectivity index (χ1v) is 5.59. The van der Waals surface area contributed by atoms with Gasteiger partial charge in [-0.15, -0.1) is 0 Å². The fourth-order valence-corrected chi connectivity index (χ4v) is 1.63. The van der Waals surface area contributed by atoms with Crippen LogP contribution < -0.4 is 5.73 Å². The summed E-state index contributed by atoms with van der Waals surface area (Å²) in [5.41, 5.74) is 4.59. The Balaban J connectivity index is 3.14. The molecule has 0 saturated carbocycles. The van der Waals surface area contributed by atoms with Crippen molar-refractivity contribution in [2.75, 3.05) is 6.61 Å². The highest BCUT2D eigenvalue weighted by Gasteiger charge is 2.33. The zero-order valence-electron chi connectivity index (χ0n) is 9.97. The number of nitrogens with two attached hydrogens (primary N) is 1. The Labute approximate surface area is 109 Å². The van der Waals surface area contributed by atoms with Gasteiger partial charge in [0, 0.05) is 6.07 Å². The summed E-state index contributed by atoms with van der Waals surface area (Å²) >= 11 is 5.76. The molecule has 1 rings (SSSR count). The number of rotatable bonds is 4. The zero-order chi connectivity index (χ0) is 13.9. The molecule has 0 amide bonds. The molecule has 0 fully saturated rings. The Morgan fingerprint density at radius 2 is 2.22 bits per heavy atom. The molecule has 0 spiro atoms. The number of nitro benzene ring substituents is 1. The molecule has 0 aromatic heterocycles. The molecule has 0 aliphatic rings. The van der Waals surface area contributed by atoms with Gasteiger partial charge in [0.15, 0.2) is 0 Å². The number of carbonyl (C=O) groups is 1. The van der Waals surface area contributed by atoms with E-state index in [-0.39, 0.29) is 17.3 Å². The van der Waals surface area contributed by atoms with Crippen LogP contribution in [0.4, 0.5) is 5.69 Å². The van der Waals surface area contributed by atoms with E-state index in [1.807, 2.05) is 0 Å². The summed E-state index contributed by atoms with van der Waals surface area (Å²) < 4.78 is 4.84. The third-order valence-corrected chi connectivity index (χ3v) is 2.75. The molecule has 0 saturated heterocycles. The minimum atomic E-state index is -1.39. The maximum absolute atomic E-state index is 11.7. The lowest BCUT2D eigenvalue weighted by atomic mass is 9.93. The van der Waals surface area contributed by atoms with Gasteiger partial charge in [0.25, 0.3) is 5.69 Å². The number of nitro groups is 1. The van der Waals surface area contributed by atoms with E-state index in [0.717, 1.165) is 0 Å². The fourth-order valence-electron chi connectivity index (χ4n) is 1.38. The van der Waals surface area contributed by atoms with Crippen molar-refractivity contribution in [3.8, 4) is 0 Å². The van der Waals surface area contributed by atoms with Crippen LogP contribution in [0.15, 0.2) is 18.2 Å². The molecule has 1 aromatic rings. The van der Waals surface area contributed by atoms with Crippen molar-refractivity contribution >= 4 is 23.3 Å². The van der Waals surface area contributed by atoms with Crippen LogP contribution in [0, 0.1) is 10.1 Å². The van der Waals surface area contributed by atoms with Crippen LogP contribution in [0.1, 0.15) is 19.4 Å². The summed E-state index contributed by atoms with van der Waals surface area (Å²) in [5.74, 6) is -0.616. The summed E-state index contributed by atoms with van der Waals surface area (Å²) in [4.78, 5) is 21.7. The Kier molecular flexibility index (Phi) is 4.26. The van der Waals surface area contributed by atoms with E-state index in [0.29, 0.717) is 5.56 Å². The van der Waals surface area contributed by atoms with Gasteiger partial charge < -0.3 is 10.5 Å². The van der Waals surface area contributed by atoms with Crippen LogP contribution in [0.2, 0.25) is 5.02 Å². The van der Waals surface area contributed by atoms with Crippen molar-refractivity contribution in [3.63, 3.8) is 0 Å². The highest BCUT2D eigenvalue weighted by molar-refractivity contribution is 6.32. The third kappa shape index (κ3) is 2.77. The van der Waals surface area contributed by atoms with Gasteiger partial charge in [-0.05, 0) is 31.5 Å². The smallest absolute Gasteiger partial charge is 0.330 e. The molecule has 2 N–H and O–H groups in total. The Morgan fingerprint density at radius 1 is 1.61 bits per heavy atom. The quantitative estimate of drug-likeness (QED) is 0.514. The van der Waals surface area contributed by atoms with E-state index in [4.69, 9.17) is 22.1 Å². The first kappa shape index (κ1) is 14.4. The van der Waals surface area contributed by atoms with Crippen LogP contribution in [-0.2, 0) is 15.1 Å². The standard InChI is InChI=1S/C11H13ClN2O4/c1-3-18-10(15)11(2,13)7-4-5-9(14(16)17)8(12)6-7/h4-6H,3,13H2,1-2H3. The molecule has 0 aliphatic heterocycles. The lowest BCUT2D eigenvalue weighted by Crippen LogP contribution is -2.43. The number of benzene rings is 1. The lowest BCUT2D eigenvalue weighted by Gasteiger charge is -2.22. The van der Waals surface area contributed by atoms with Gasteiger partial charge in [-0.3, -0.25) is 10.1 Å². The van der Waals surface area contributed by atoms with E-state index in [2.05, 4.69) is 0 Å². The highest BCUT2D eigenvalue weighted by Crippen LogP contribution is 2.29. The molecule has 6 nitrogen and oxygen atoms in total. The van der Waals surface area contributed by atoms with E-state index in [1.165, 1.54) is 25.1 Å². The first-order chi connectivity index (χ1) is 8.30. The molecule has 0 radical (unpaired) electrons. The number of ether oxygens (including phenoxy) is 1. The van der Waals surface area contributed by atoms with E-state index in [1.54, 1.807) is 6.92 Å². The van der Waals surface area contributed by atoms with Crippen LogP contribution in [0.3, 0.4) is 0 Å². The van der Waals surface area contributed by atoms with Crippen molar-refractivity contribution < 1.29 is 14.5 Å². The third-order valence-electron chi connectivity index (χ3n) is 2.44. The molecule has 98 valence electrons. The summed E-state index contributed by atoms with van der Waals surface area (Å²) in [6.07, 6.45) is 0. The number of esters is 1. The van der Waals surface area contributed by atoms with Gasteiger partial charge in [-0.1, -0.05) is 11.6 Å². The number of hydrogen-bond acceptors (Lipinski definition) is 5. The van der Waals surface area contributed by atoms with E-state index < -0.39 is 16.4 Å². The second kappa shape index (κ2) is 5.32. The predicted octanol–water partition coefficient (Wildman–Crippen LogP) is 1.99. The molecule has 0 bridgehead atoms. The van der Waals surface area contributed by atoms with Crippen molar-refractivity contribution in [1.29, 1.82) is 0 Å². The van der Waals surface area contributed by atoms with Gasteiger partial charge in [-0.25, -0.2) is 4.79 Å². The largest absolute Gasteiger partial charge is 0.464 e. The molecular formula is C11H13ClN2O4. The normalized spacial score (nSPS) is 13.8. The minimum absolute atomic E-state index is 0.0709. The second-order valence-electron chi connectivity index (χ2n) is 3.85. The maximum Gasteiger partial charge on any atom is 0.330 e. The molecule has 1 atom stereocenters. The maximum atomic E-state index is 11.7. The van der Waals surface area contributed by atoms with Crippen molar-refractivity contribution in [3.05, 3.63) is 38.9 Å². The van der Waals surface area contributed by atoms with Crippen molar-refractivity contribution in [2.24, 2.45) is 5.73 Å². The SMILES string of the molecule is CCOC(=O)C(C)(N)c1ccc([N+](=O)[O-])c(Cl)c1. The van der Waals surface area contributed by atoms with Crippen LogP contribution in [0.25, 0.3) is 0 Å². The average Bonchev–Trinajstić information content (AvgIpc) is 2.28. The summed E-state index contributed by atoms with van der Waals surface area (Å²) in [6.45, 7) is 3.33. The van der Waals surface area contributed by atoms with E-state index in [9.17, 15) is 14.9 Å². The average molecular weight is 273 g/mol. The second-order valence-corrected chi connectivity index (χ2v) is 4.25. The number of nitrogens with zero attached hydrogens (tertiary/aromatic N) is 1. The summed E-state index contributed by atoms with van der Waals surface area (Å²) in [7, 11) is 0. The van der Waals surface area contributed by atoms with Gasteiger partial charge in [-0.2, -0.15) is 0 Å². The summed E-state index contributed by atoms with van der Waals surface area (Å²) in [6, 6.07) is 3.90. The Hall–Kier alpha value is -1.66. The molecular weight excluding hydrogens is 260 g/mol. The number of hydrogen-bond donors (Lipinski definition) is 1. The van der Waals surface area contributed by atoms with Crippen LogP contribution >= 0.6 is 11.6 Å². The van der Waals surface area contributed by atoms with Gasteiger partial charge >= 0.3 is 5.97 Å². The highest BCUT2D eigenvalue weighted by atomic mass is 35.5. The topological polar surface area (TPSA) is 95.5 Å². The van der Waals surface area contributed by atoms with Gasteiger partial charge in [0.1, 0.15) is 10.6 Å². The van der Waals surface area contributed by atoms with Gasteiger partial charge in [0.05, 0.1) is 11.5 Å². The first-order valence-electron chi connectivity index (χ1n) is 5.21. The molecule has 1 unspecified atom stereocenters. The van der Waals surface area contributed by atoms with Crippen molar-refractivity contribution in [1.82, 2.24) is 0 Å². The summed E-state index contributed by atoms with van der Waals surface area (Å²) in [5, 5.41) is 10.5. The molecule has 1 aromatic carbocycles. The molecule has 0 heterocycles. The minimum Gasteiger partial charge on any atom is -0.464 e. The van der Waals surface area contributed by atoms with Crippen molar-refractivity contribution in [2.45, 2.75) is 19.4 Å². The fraction of sp³-hybridized carbons (Fsp3) is 0.364. The number of carbonyl (C=O) groups excluding carboxylic acids is 1. The predicted molar refractivity (Wildman–Crippen MR) is 66.3 cm³/mol. The van der Waals surface area contributed by atoms with Crippen LogP contribution in [-0.4, -0.2) is 17.5 Å². The number of halogens is 1. The lowest BCUT2D eigenvalue weighted by molar-refractivity contribution is -0.384. The molecule has 7 heteroatoms.